The minimum absolute atomic E-state index is 0.0379. The van der Waals surface area contributed by atoms with Crippen LogP contribution in [0.15, 0.2) is 48.7 Å². The normalized spacial score (nSPS) is 15.4. The number of nitrogens with zero attached hydrogens (tertiary/aromatic N) is 2. The molecule has 0 bridgehead atoms. The van der Waals surface area contributed by atoms with Gasteiger partial charge in [0.25, 0.3) is 0 Å². The number of morpholine rings is 1. The van der Waals surface area contributed by atoms with Crippen molar-refractivity contribution in [3.05, 3.63) is 59.8 Å². The van der Waals surface area contributed by atoms with Gasteiger partial charge in [0.2, 0.25) is 5.91 Å². The monoisotopic (exact) mass is 451 g/mol. The van der Waals surface area contributed by atoms with Crippen LogP contribution in [0.1, 0.15) is 23.5 Å². The zero-order chi connectivity index (χ0) is 23.2. The molecule has 7 heteroatoms. The smallest absolute Gasteiger partial charge is 0.220 e. The lowest BCUT2D eigenvalue weighted by Gasteiger charge is -2.26. The Bertz CT molecular complexity index is 1090. The number of methoxy groups -OCH3 is 2. The van der Waals surface area contributed by atoms with Gasteiger partial charge >= 0.3 is 0 Å². The van der Waals surface area contributed by atoms with E-state index in [0.29, 0.717) is 24.5 Å². The van der Waals surface area contributed by atoms with Gasteiger partial charge in [0, 0.05) is 62.7 Å². The Morgan fingerprint density at radius 2 is 1.85 bits per heavy atom. The Kier molecular flexibility index (Phi) is 7.52. The molecule has 3 aromatic rings. The molecule has 1 saturated heterocycles. The average Bonchev–Trinajstić information content (AvgIpc) is 3.19. The zero-order valence-electron chi connectivity index (χ0n) is 19.7. The van der Waals surface area contributed by atoms with Gasteiger partial charge < -0.3 is 24.1 Å². The van der Waals surface area contributed by atoms with E-state index in [2.05, 4.69) is 33.1 Å². The molecule has 0 spiro atoms. The van der Waals surface area contributed by atoms with Crippen LogP contribution < -0.4 is 14.8 Å². The van der Waals surface area contributed by atoms with Crippen molar-refractivity contribution in [1.82, 2.24) is 14.8 Å². The lowest BCUT2D eigenvalue weighted by molar-refractivity contribution is -0.121. The molecule has 7 nitrogen and oxygen atoms in total. The van der Waals surface area contributed by atoms with E-state index in [9.17, 15) is 4.79 Å². The number of carbonyl (C=O) groups excluding carboxylic acids is 1. The molecule has 1 atom stereocenters. The first kappa shape index (κ1) is 23.1. The third-order valence-electron chi connectivity index (χ3n) is 6.36. The first-order valence-electron chi connectivity index (χ1n) is 11.4. The standard InChI is InChI=1S/C26H33N3O4/c1-28-18-22(20-6-4-5-7-23(20)28)21(19-8-9-24(31-2)25(16-19)32-3)17-26(30)27-10-11-29-12-14-33-15-13-29/h4-9,16,18,21H,10-15,17H2,1-3H3,(H,27,30)/t21-/m0/s1. The number of carbonyl (C=O) groups is 1. The molecule has 0 saturated carbocycles. The SMILES string of the molecule is COc1ccc([C@H](CC(=O)NCCN2CCOCC2)c2cn(C)c3ccccc23)cc1OC. The summed E-state index contributed by atoms with van der Waals surface area (Å²) in [7, 11) is 5.30. The maximum Gasteiger partial charge on any atom is 0.220 e. The summed E-state index contributed by atoms with van der Waals surface area (Å²) in [6.45, 7) is 4.82. The summed E-state index contributed by atoms with van der Waals surface area (Å²) in [6, 6.07) is 14.2. The van der Waals surface area contributed by atoms with Crippen LogP contribution >= 0.6 is 0 Å². The van der Waals surface area contributed by atoms with E-state index in [4.69, 9.17) is 14.2 Å². The topological polar surface area (TPSA) is 65.0 Å². The molecular formula is C26H33N3O4. The van der Waals surface area contributed by atoms with Gasteiger partial charge in [-0.15, -0.1) is 0 Å². The highest BCUT2D eigenvalue weighted by Gasteiger charge is 2.23. The van der Waals surface area contributed by atoms with Crippen LogP contribution in [-0.4, -0.2) is 69.0 Å². The van der Waals surface area contributed by atoms with Gasteiger partial charge in [0.1, 0.15) is 0 Å². The largest absolute Gasteiger partial charge is 0.493 e. The number of aryl methyl sites for hydroxylation is 1. The molecule has 4 rings (SSSR count). The predicted molar refractivity (Wildman–Crippen MR) is 129 cm³/mol. The number of ether oxygens (including phenoxy) is 3. The van der Waals surface area contributed by atoms with Gasteiger partial charge in [0.15, 0.2) is 11.5 Å². The predicted octanol–water partition coefficient (Wildman–Crippen LogP) is 3.17. The number of amides is 1. The molecule has 1 aromatic heterocycles. The Labute approximate surface area is 195 Å². The van der Waals surface area contributed by atoms with Gasteiger partial charge in [-0.2, -0.15) is 0 Å². The highest BCUT2D eigenvalue weighted by Crippen LogP contribution is 2.38. The summed E-state index contributed by atoms with van der Waals surface area (Å²) in [5.74, 6) is 1.26. The van der Waals surface area contributed by atoms with Crippen molar-refractivity contribution in [3.63, 3.8) is 0 Å². The summed E-state index contributed by atoms with van der Waals surface area (Å²) in [5, 5.41) is 4.28. The van der Waals surface area contributed by atoms with E-state index in [-0.39, 0.29) is 11.8 Å². The van der Waals surface area contributed by atoms with Crippen molar-refractivity contribution >= 4 is 16.8 Å². The van der Waals surface area contributed by atoms with E-state index in [0.717, 1.165) is 54.9 Å². The van der Waals surface area contributed by atoms with Crippen LogP contribution in [0.5, 0.6) is 11.5 Å². The number of hydrogen-bond acceptors (Lipinski definition) is 5. The van der Waals surface area contributed by atoms with Crippen LogP contribution in [0.4, 0.5) is 0 Å². The summed E-state index contributed by atoms with van der Waals surface area (Å²) in [4.78, 5) is 15.4. The van der Waals surface area contributed by atoms with E-state index in [1.165, 1.54) is 0 Å². The lowest BCUT2D eigenvalue weighted by atomic mass is 9.87. The summed E-state index contributed by atoms with van der Waals surface area (Å²) < 4.78 is 18.5. The summed E-state index contributed by atoms with van der Waals surface area (Å²) in [6.07, 6.45) is 2.49. The molecule has 1 aliphatic heterocycles. The fourth-order valence-corrected chi connectivity index (χ4v) is 4.56. The van der Waals surface area contributed by atoms with Crippen molar-refractivity contribution in [1.29, 1.82) is 0 Å². The van der Waals surface area contributed by atoms with Crippen LogP contribution in [0.25, 0.3) is 10.9 Å². The van der Waals surface area contributed by atoms with E-state index in [1.807, 2.05) is 37.4 Å². The van der Waals surface area contributed by atoms with E-state index >= 15 is 0 Å². The third-order valence-corrected chi connectivity index (χ3v) is 6.36. The Morgan fingerprint density at radius 3 is 2.61 bits per heavy atom. The highest BCUT2D eigenvalue weighted by molar-refractivity contribution is 5.86. The minimum Gasteiger partial charge on any atom is -0.493 e. The molecule has 176 valence electrons. The molecule has 2 aromatic carbocycles. The second kappa shape index (κ2) is 10.7. The van der Waals surface area contributed by atoms with Gasteiger partial charge in [-0.05, 0) is 29.3 Å². The quantitative estimate of drug-likeness (QED) is 0.541. The van der Waals surface area contributed by atoms with Crippen LogP contribution in [0, 0.1) is 0 Å². The maximum atomic E-state index is 13.0. The number of benzene rings is 2. The molecule has 2 heterocycles. The molecule has 0 radical (unpaired) electrons. The van der Waals surface area contributed by atoms with Crippen molar-refractivity contribution in [2.75, 3.05) is 53.6 Å². The molecular weight excluding hydrogens is 418 g/mol. The number of hydrogen-bond donors (Lipinski definition) is 1. The van der Waals surface area contributed by atoms with Crippen molar-refractivity contribution in [2.24, 2.45) is 7.05 Å². The third kappa shape index (κ3) is 5.31. The van der Waals surface area contributed by atoms with Crippen LogP contribution in [0.3, 0.4) is 0 Å². The summed E-state index contributed by atoms with van der Waals surface area (Å²) >= 11 is 0. The number of rotatable bonds is 9. The van der Waals surface area contributed by atoms with Gasteiger partial charge in [-0.25, -0.2) is 0 Å². The fraction of sp³-hybridized carbons (Fsp3) is 0.423. The molecule has 0 aliphatic carbocycles. The van der Waals surface area contributed by atoms with Gasteiger partial charge in [-0.1, -0.05) is 24.3 Å². The number of nitrogens with one attached hydrogen (secondary N) is 1. The molecule has 1 N–H and O–H groups in total. The molecule has 1 aliphatic rings. The number of para-hydroxylation sites is 1. The number of aromatic nitrogens is 1. The second-order valence-electron chi connectivity index (χ2n) is 8.39. The minimum atomic E-state index is -0.112. The van der Waals surface area contributed by atoms with Crippen molar-refractivity contribution < 1.29 is 19.0 Å². The van der Waals surface area contributed by atoms with Gasteiger partial charge in [0.05, 0.1) is 27.4 Å². The Morgan fingerprint density at radius 1 is 1.09 bits per heavy atom. The van der Waals surface area contributed by atoms with Crippen molar-refractivity contribution in [3.8, 4) is 11.5 Å². The molecule has 33 heavy (non-hydrogen) atoms. The average molecular weight is 452 g/mol. The van der Waals surface area contributed by atoms with E-state index < -0.39 is 0 Å². The number of fused-ring (bicyclic) bond motifs is 1. The van der Waals surface area contributed by atoms with Crippen LogP contribution in [0.2, 0.25) is 0 Å². The maximum absolute atomic E-state index is 13.0. The molecule has 1 fully saturated rings. The Balaban J connectivity index is 1.58. The summed E-state index contributed by atoms with van der Waals surface area (Å²) in [5.41, 5.74) is 3.29. The highest BCUT2D eigenvalue weighted by atomic mass is 16.5. The zero-order valence-corrected chi connectivity index (χ0v) is 19.7. The van der Waals surface area contributed by atoms with Gasteiger partial charge in [-0.3, -0.25) is 9.69 Å². The van der Waals surface area contributed by atoms with Crippen LogP contribution in [-0.2, 0) is 16.6 Å². The van der Waals surface area contributed by atoms with E-state index in [1.54, 1.807) is 14.2 Å². The van der Waals surface area contributed by atoms with Crippen molar-refractivity contribution in [2.45, 2.75) is 12.3 Å². The lowest BCUT2D eigenvalue weighted by Crippen LogP contribution is -2.41. The molecule has 0 unspecified atom stereocenters. The first-order valence-corrected chi connectivity index (χ1v) is 11.4. The Hall–Kier alpha value is -3.03. The fourth-order valence-electron chi connectivity index (χ4n) is 4.56. The molecule has 1 amide bonds. The second-order valence-corrected chi connectivity index (χ2v) is 8.39. The first-order chi connectivity index (χ1) is 16.1.